The lowest BCUT2D eigenvalue weighted by atomic mass is 10.1. The summed E-state index contributed by atoms with van der Waals surface area (Å²) in [5, 5.41) is 1.37. The summed E-state index contributed by atoms with van der Waals surface area (Å²) in [6.07, 6.45) is 3.19. The molecule has 1 aromatic carbocycles. The predicted molar refractivity (Wildman–Crippen MR) is 77.7 cm³/mol. The molecule has 2 aromatic rings. The Balaban J connectivity index is 1.84. The smallest absolute Gasteiger partial charge is 0.189 e. The Morgan fingerprint density at radius 3 is 3.00 bits per heavy atom. The van der Waals surface area contributed by atoms with Crippen molar-refractivity contribution in [2.45, 2.75) is 17.4 Å². The Kier molecular flexibility index (Phi) is 3.95. The maximum atomic E-state index is 6.12. The van der Waals surface area contributed by atoms with E-state index in [9.17, 15) is 0 Å². The van der Waals surface area contributed by atoms with Crippen molar-refractivity contribution in [2.75, 3.05) is 12.5 Å². The number of nitrogens with two attached hydrogens (primary N) is 1. The molecule has 5 nitrogen and oxygen atoms in total. The van der Waals surface area contributed by atoms with E-state index in [1.54, 1.807) is 12.4 Å². The van der Waals surface area contributed by atoms with Gasteiger partial charge in [0.05, 0.1) is 6.61 Å². The molecule has 2 N–H and O–H groups in total. The summed E-state index contributed by atoms with van der Waals surface area (Å²) in [5.41, 5.74) is 7.75. The van der Waals surface area contributed by atoms with Gasteiger partial charge in [0.15, 0.2) is 12.6 Å². The average molecular weight is 310 g/mol. The number of aromatic nitrogens is 2. The Morgan fingerprint density at radius 1 is 1.30 bits per heavy atom. The van der Waals surface area contributed by atoms with Crippen molar-refractivity contribution in [3.8, 4) is 5.75 Å². The first-order chi connectivity index (χ1) is 9.74. The van der Waals surface area contributed by atoms with E-state index in [1.807, 2.05) is 12.1 Å². The number of nitrogen functional groups attached to an aromatic ring is 1. The first kappa shape index (κ1) is 13.5. The maximum absolute atomic E-state index is 6.12. The molecule has 3 rings (SSSR count). The Hall–Kier alpha value is -1.50. The van der Waals surface area contributed by atoms with E-state index in [0.717, 1.165) is 16.9 Å². The van der Waals surface area contributed by atoms with Crippen molar-refractivity contribution in [2.24, 2.45) is 0 Å². The van der Waals surface area contributed by atoms with E-state index in [-0.39, 0.29) is 6.79 Å². The van der Waals surface area contributed by atoms with Crippen LogP contribution in [-0.2, 0) is 17.1 Å². The number of hydrogen-bond acceptors (Lipinski definition) is 6. The summed E-state index contributed by atoms with van der Waals surface area (Å²) in [6, 6.07) is 3.76. The van der Waals surface area contributed by atoms with Crippen molar-refractivity contribution in [1.29, 1.82) is 0 Å². The molecule has 0 radical (unpaired) electrons. The molecule has 0 bridgehead atoms. The lowest BCUT2D eigenvalue weighted by Crippen LogP contribution is -2.13. The number of thioether (sulfide) groups is 1. The molecule has 0 saturated heterocycles. The van der Waals surface area contributed by atoms with Crippen LogP contribution in [0.1, 0.15) is 11.1 Å². The van der Waals surface area contributed by atoms with Gasteiger partial charge in [0.25, 0.3) is 0 Å². The highest BCUT2D eigenvalue weighted by Gasteiger charge is 2.17. The van der Waals surface area contributed by atoms with E-state index < -0.39 is 0 Å². The number of rotatable bonds is 3. The summed E-state index contributed by atoms with van der Waals surface area (Å²) >= 11 is 7.63. The lowest BCUT2D eigenvalue weighted by molar-refractivity contribution is -0.0168. The third kappa shape index (κ3) is 2.82. The van der Waals surface area contributed by atoms with Gasteiger partial charge in [-0.1, -0.05) is 23.4 Å². The van der Waals surface area contributed by atoms with Gasteiger partial charge < -0.3 is 15.2 Å². The largest absolute Gasteiger partial charge is 0.467 e. The van der Waals surface area contributed by atoms with Crippen molar-refractivity contribution in [1.82, 2.24) is 9.97 Å². The van der Waals surface area contributed by atoms with E-state index in [1.165, 1.54) is 11.8 Å². The fourth-order valence-corrected chi connectivity index (χ4v) is 3.06. The Bertz CT molecular complexity index is 639. The molecule has 0 spiro atoms. The Morgan fingerprint density at radius 2 is 2.15 bits per heavy atom. The lowest BCUT2D eigenvalue weighted by Gasteiger charge is -2.21. The number of hydrogen-bond donors (Lipinski definition) is 1. The number of nitrogens with zero attached hydrogens (tertiary/aromatic N) is 2. The fraction of sp³-hybridized carbons (Fsp3) is 0.231. The van der Waals surface area contributed by atoms with Crippen LogP contribution in [0.5, 0.6) is 5.75 Å². The van der Waals surface area contributed by atoms with Crippen molar-refractivity contribution in [3.05, 3.63) is 40.7 Å². The molecule has 0 atom stereocenters. The first-order valence-corrected chi connectivity index (χ1v) is 7.31. The molecule has 1 aliphatic rings. The second-order valence-electron chi connectivity index (χ2n) is 4.20. The van der Waals surface area contributed by atoms with Gasteiger partial charge in [-0.25, -0.2) is 9.97 Å². The van der Waals surface area contributed by atoms with E-state index in [0.29, 0.717) is 28.2 Å². The quantitative estimate of drug-likeness (QED) is 0.879. The van der Waals surface area contributed by atoms with Gasteiger partial charge in [0.2, 0.25) is 0 Å². The van der Waals surface area contributed by atoms with Crippen LogP contribution in [-0.4, -0.2) is 16.8 Å². The first-order valence-electron chi connectivity index (χ1n) is 5.95. The van der Waals surface area contributed by atoms with Crippen LogP contribution < -0.4 is 10.5 Å². The molecular formula is C13H12ClN3O2S. The topological polar surface area (TPSA) is 70.3 Å². The zero-order valence-electron chi connectivity index (χ0n) is 10.5. The minimum atomic E-state index is 0.263. The highest BCUT2D eigenvalue weighted by atomic mass is 35.5. The van der Waals surface area contributed by atoms with Crippen LogP contribution in [0.2, 0.25) is 5.02 Å². The summed E-state index contributed by atoms with van der Waals surface area (Å²) in [5.74, 6) is 1.93. The van der Waals surface area contributed by atoms with Crippen LogP contribution in [0, 0.1) is 0 Å². The number of benzene rings is 1. The van der Waals surface area contributed by atoms with Gasteiger partial charge in [0, 0.05) is 34.3 Å². The summed E-state index contributed by atoms with van der Waals surface area (Å²) in [6.45, 7) is 0.778. The molecule has 20 heavy (non-hydrogen) atoms. The second kappa shape index (κ2) is 5.87. The monoisotopic (exact) mass is 309 g/mol. The minimum absolute atomic E-state index is 0.263. The summed E-state index contributed by atoms with van der Waals surface area (Å²) < 4.78 is 10.8. The van der Waals surface area contributed by atoms with E-state index in [4.69, 9.17) is 26.8 Å². The molecular weight excluding hydrogens is 298 g/mol. The molecule has 0 aliphatic carbocycles. The zero-order valence-corrected chi connectivity index (χ0v) is 12.1. The van der Waals surface area contributed by atoms with Gasteiger partial charge >= 0.3 is 0 Å². The van der Waals surface area contributed by atoms with Crippen LogP contribution in [0.25, 0.3) is 0 Å². The van der Waals surface area contributed by atoms with Crippen LogP contribution in [0.4, 0.5) is 5.82 Å². The minimum Gasteiger partial charge on any atom is -0.467 e. The number of halogens is 1. The second-order valence-corrected chi connectivity index (χ2v) is 5.60. The molecule has 0 saturated carbocycles. The van der Waals surface area contributed by atoms with Gasteiger partial charge in [-0.05, 0) is 12.1 Å². The van der Waals surface area contributed by atoms with Gasteiger partial charge in [-0.3, -0.25) is 0 Å². The van der Waals surface area contributed by atoms with E-state index in [2.05, 4.69) is 9.97 Å². The van der Waals surface area contributed by atoms with E-state index >= 15 is 0 Å². The fourth-order valence-electron chi connectivity index (χ4n) is 1.96. The molecule has 2 heterocycles. The third-order valence-corrected chi connectivity index (χ3v) is 4.07. The number of fused-ring (bicyclic) bond motifs is 1. The van der Waals surface area contributed by atoms with Gasteiger partial charge in [-0.2, -0.15) is 0 Å². The van der Waals surface area contributed by atoms with Gasteiger partial charge in [0.1, 0.15) is 10.8 Å². The molecule has 1 aromatic heterocycles. The van der Waals surface area contributed by atoms with Crippen molar-refractivity contribution < 1.29 is 9.47 Å². The molecule has 104 valence electrons. The summed E-state index contributed by atoms with van der Waals surface area (Å²) in [7, 11) is 0. The molecule has 0 fully saturated rings. The summed E-state index contributed by atoms with van der Waals surface area (Å²) in [4.78, 5) is 8.22. The maximum Gasteiger partial charge on any atom is 0.189 e. The Labute approximate surface area is 125 Å². The normalized spacial score (nSPS) is 13.7. The van der Waals surface area contributed by atoms with Crippen LogP contribution >= 0.6 is 23.4 Å². The predicted octanol–water partition coefficient (Wildman–Crippen LogP) is 2.87. The SMILES string of the molecule is Nc1nccnc1SCc1cc(Cl)cc2c1OCOC2. The van der Waals surface area contributed by atoms with Crippen molar-refractivity contribution >= 4 is 29.2 Å². The van der Waals surface area contributed by atoms with Gasteiger partial charge in [-0.15, -0.1) is 0 Å². The molecule has 7 heteroatoms. The highest BCUT2D eigenvalue weighted by Crippen LogP contribution is 2.35. The van der Waals surface area contributed by atoms with Crippen LogP contribution in [0.3, 0.4) is 0 Å². The highest BCUT2D eigenvalue weighted by molar-refractivity contribution is 7.98. The third-order valence-electron chi connectivity index (χ3n) is 2.81. The molecule has 0 amide bonds. The average Bonchev–Trinajstić information content (AvgIpc) is 2.46. The standard InChI is InChI=1S/C13H12ClN3O2S/c14-10-3-8-5-18-7-19-11(8)9(4-10)6-20-13-12(15)16-1-2-17-13/h1-4H,5-7H2,(H2,15,16). The van der Waals surface area contributed by atoms with Crippen LogP contribution in [0.15, 0.2) is 29.6 Å². The number of ether oxygens (including phenoxy) is 2. The number of anilines is 1. The zero-order chi connectivity index (χ0) is 13.9. The molecule has 1 aliphatic heterocycles. The van der Waals surface area contributed by atoms with Crippen molar-refractivity contribution in [3.63, 3.8) is 0 Å². The molecule has 0 unspecified atom stereocenters.